The van der Waals surface area contributed by atoms with Gasteiger partial charge in [0.05, 0.1) is 5.41 Å². The SMILES string of the molecule is O=C([O-])[C@@H]1[C@@H](C(=O)[O-])C2CCC1(C(=O)Nc1ccccc1)CC2. The van der Waals surface area contributed by atoms with Gasteiger partial charge in [0, 0.05) is 29.5 Å². The van der Waals surface area contributed by atoms with Crippen molar-refractivity contribution >= 4 is 23.5 Å². The van der Waals surface area contributed by atoms with E-state index in [0.717, 1.165) is 0 Å². The number of para-hydroxylation sites is 1. The van der Waals surface area contributed by atoms with Gasteiger partial charge in [0.2, 0.25) is 5.91 Å². The first-order valence-electron chi connectivity index (χ1n) is 7.74. The molecular weight excluding hydrogens is 298 g/mol. The Morgan fingerprint density at radius 2 is 1.61 bits per heavy atom. The average Bonchev–Trinajstić information content (AvgIpc) is 2.55. The van der Waals surface area contributed by atoms with Gasteiger partial charge in [0.25, 0.3) is 0 Å². The maximum atomic E-state index is 12.8. The van der Waals surface area contributed by atoms with E-state index in [-0.39, 0.29) is 5.92 Å². The molecule has 3 saturated carbocycles. The third-order valence-corrected chi connectivity index (χ3v) is 5.39. The lowest BCUT2D eigenvalue weighted by atomic mass is 9.50. The highest BCUT2D eigenvalue weighted by molar-refractivity contribution is 5.99. The van der Waals surface area contributed by atoms with Crippen molar-refractivity contribution in [3.63, 3.8) is 0 Å². The highest BCUT2D eigenvalue weighted by atomic mass is 16.4. The number of anilines is 1. The molecule has 0 spiro atoms. The lowest BCUT2D eigenvalue weighted by Crippen LogP contribution is -2.63. The summed E-state index contributed by atoms with van der Waals surface area (Å²) in [5.74, 6) is -6.09. The van der Waals surface area contributed by atoms with Crippen LogP contribution in [0.2, 0.25) is 0 Å². The van der Waals surface area contributed by atoms with Crippen LogP contribution in [-0.2, 0) is 14.4 Å². The zero-order chi connectivity index (χ0) is 16.6. The Balaban J connectivity index is 1.94. The minimum atomic E-state index is -1.48. The molecule has 6 nitrogen and oxygen atoms in total. The summed E-state index contributed by atoms with van der Waals surface area (Å²) in [5.41, 5.74) is -0.685. The summed E-state index contributed by atoms with van der Waals surface area (Å²) in [5, 5.41) is 25.8. The highest BCUT2D eigenvalue weighted by Gasteiger charge is 2.58. The Hall–Kier alpha value is -2.37. The van der Waals surface area contributed by atoms with Crippen molar-refractivity contribution in [3.8, 4) is 0 Å². The van der Waals surface area contributed by atoms with Crippen molar-refractivity contribution in [3.05, 3.63) is 30.3 Å². The fourth-order valence-corrected chi connectivity index (χ4v) is 4.29. The average molecular weight is 315 g/mol. The molecule has 1 aromatic carbocycles. The fourth-order valence-electron chi connectivity index (χ4n) is 4.29. The monoisotopic (exact) mass is 315 g/mol. The first-order valence-corrected chi connectivity index (χ1v) is 7.74. The molecule has 0 unspecified atom stereocenters. The standard InChI is InChI=1S/C17H19NO5/c19-14(20)12-10-6-8-17(9-7-10,13(12)15(21)22)16(23)18-11-4-2-1-3-5-11/h1-5,10,12-13H,6-9H2,(H,18,23)(H,19,20)(H,21,22)/p-2/t10?,12-,13-,17?/m0/s1. The van der Waals surface area contributed by atoms with Gasteiger partial charge >= 0.3 is 0 Å². The molecule has 2 bridgehead atoms. The smallest absolute Gasteiger partial charge is 0.231 e. The van der Waals surface area contributed by atoms with Gasteiger partial charge in [-0.05, 0) is 43.7 Å². The van der Waals surface area contributed by atoms with E-state index in [0.29, 0.717) is 31.4 Å². The molecule has 0 heterocycles. The summed E-state index contributed by atoms with van der Waals surface area (Å²) < 4.78 is 0. The Labute approximate surface area is 133 Å². The summed E-state index contributed by atoms with van der Waals surface area (Å²) in [4.78, 5) is 35.9. The topological polar surface area (TPSA) is 109 Å². The molecule has 1 aromatic rings. The number of aliphatic carboxylic acids is 2. The first-order chi connectivity index (χ1) is 11.0. The van der Waals surface area contributed by atoms with Crippen LogP contribution in [0.15, 0.2) is 30.3 Å². The number of carbonyl (C=O) groups is 3. The predicted molar refractivity (Wildman–Crippen MR) is 76.5 cm³/mol. The Kier molecular flexibility index (Phi) is 3.83. The van der Waals surface area contributed by atoms with Gasteiger partial charge in [0.1, 0.15) is 0 Å². The van der Waals surface area contributed by atoms with E-state index < -0.39 is 35.1 Å². The van der Waals surface area contributed by atoms with Gasteiger partial charge in [-0.3, -0.25) is 4.79 Å². The molecular formula is C17H17NO5-2. The van der Waals surface area contributed by atoms with Crippen molar-refractivity contribution in [2.24, 2.45) is 23.2 Å². The number of carbonyl (C=O) groups excluding carboxylic acids is 3. The number of hydrogen-bond donors (Lipinski definition) is 1. The molecule has 1 N–H and O–H groups in total. The van der Waals surface area contributed by atoms with E-state index in [1.807, 2.05) is 0 Å². The van der Waals surface area contributed by atoms with E-state index in [9.17, 15) is 24.6 Å². The van der Waals surface area contributed by atoms with Crippen LogP contribution >= 0.6 is 0 Å². The van der Waals surface area contributed by atoms with Crippen LogP contribution < -0.4 is 15.5 Å². The minimum absolute atomic E-state index is 0.255. The molecule has 3 aliphatic rings. The van der Waals surface area contributed by atoms with E-state index >= 15 is 0 Å². The number of carboxylic acids is 2. The third-order valence-electron chi connectivity index (χ3n) is 5.39. The molecule has 23 heavy (non-hydrogen) atoms. The zero-order valence-electron chi connectivity index (χ0n) is 12.5. The van der Waals surface area contributed by atoms with Gasteiger partial charge in [-0.1, -0.05) is 18.2 Å². The molecule has 2 atom stereocenters. The van der Waals surface area contributed by atoms with Crippen LogP contribution in [0.1, 0.15) is 25.7 Å². The zero-order valence-corrected chi connectivity index (χ0v) is 12.5. The van der Waals surface area contributed by atoms with Crippen LogP contribution in [0.4, 0.5) is 5.69 Å². The summed E-state index contributed by atoms with van der Waals surface area (Å²) in [6.07, 6.45) is 1.76. The van der Waals surface area contributed by atoms with E-state index in [4.69, 9.17) is 0 Å². The lowest BCUT2D eigenvalue weighted by Gasteiger charge is -2.56. The van der Waals surface area contributed by atoms with Crippen LogP contribution in [0, 0.1) is 23.2 Å². The maximum absolute atomic E-state index is 12.8. The van der Waals surface area contributed by atoms with E-state index in [1.54, 1.807) is 30.3 Å². The van der Waals surface area contributed by atoms with Gasteiger partial charge in [-0.25, -0.2) is 0 Å². The predicted octanol–water partition coefficient (Wildman–Crippen LogP) is -0.452. The van der Waals surface area contributed by atoms with Gasteiger partial charge in [-0.2, -0.15) is 0 Å². The third kappa shape index (κ3) is 2.48. The largest absolute Gasteiger partial charge is 0.550 e. The normalized spacial score (nSPS) is 32.3. The molecule has 1 amide bonds. The molecule has 0 aliphatic heterocycles. The number of fused-ring (bicyclic) bond motifs is 3. The summed E-state index contributed by atoms with van der Waals surface area (Å²) in [6.45, 7) is 0. The first kappa shape index (κ1) is 15.5. The van der Waals surface area contributed by atoms with Crippen molar-refractivity contribution in [1.82, 2.24) is 0 Å². The van der Waals surface area contributed by atoms with Gasteiger partial charge in [0.15, 0.2) is 0 Å². The minimum Gasteiger partial charge on any atom is -0.550 e. The van der Waals surface area contributed by atoms with Crippen molar-refractivity contribution in [2.75, 3.05) is 5.32 Å². The molecule has 0 radical (unpaired) electrons. The highest BCUT2D eigenvalue weighted by Crippen LogP contribution is 2.56. The van der Waals surface area contributed by atoms with Gasteiger partial charge < -0.3 is 25.1 Å². The van der Waals surface area contributed by atoms with E-state index in [1.165, 1.54) is 0 Å². The second-order valence-electron chi connectivity index (χ2n) is 6.46. The summed E-state index contributed by atoms with van der Waals surface area (Å²) >= 11 is 0. The molecule has 0 saturated heterocycles. The van der Waals surface area contributed by atoms with Crippen molar-refractivity contribution in [1.29, 1.82) is 0 Å². The number of nitrogens with one attached hydrogen (secondary N) is 1. The van der Waals surface area contributed by atoms with Crippen LogP contribution in [0.5, 0.6) is 0 Å². The number of benzene rings is 1. The van der Waals surface area contributed by atoms with E-state index in [2.05, 4.69) is 5.32 Å². The number of carboxylic acid groups (broad SMARTS) is 2. The maximum Gasteiger partial charge on any atom is 0.231 e. The fraction of sp³-hybridized carbons (Fsp3) is 0.471. The Bertz CT molecular complexity index is 634. The summed E-state index contributed by atoms with van der Waals surface area (Å²) in [7, 11) is 0. The molecule has 0 aromatic heterocycles. The second-order valence-corrected chi connectivity index (χ2v) is 6.46. The lowest BCUT2D eigenvalue weighted by molar-refractivity contribution is -0.337. The van der Waals surface area contributed by atoms with Crippen molar-refractivity contribution in [2.45, 2.75) is 25.7 Å². The quantitative estimate of drug-likeness (QED) is 0.809. The van der Waals surface area contributed by atoms with Gasteiger partial charge in [-0.15, -0.1) is 0 Å². The molecule has 3 fully saturated rings. The Morgan fingerprint density at radius 3 is 2.13 bits per heavy atom. The van der Waals surface area contributed by atoms with Crippen LogP contribution in [0.3, 0.4) is 0 Å². The number of amides is 1. The number of rotatable bonds is 4. The second kappa shape index (κ2) is 5.68. The molecule has 6 heteroatoms. The van der Waals surface area contributed by atoms with Crippen LogP contribution in [0.25, 0.3) is 0 Å². The van der Waals surface area contributed by atoms with Crippen molar-refractivity contribution < 1.29 is 24.6 Å². The Morgan fingerprint density at radius 1 is 1.00 bits per heavy atom. The van der Waals surface area contributed by atoms with Crippen LogP contribution in [-0.4, -0.2) is 17.8 Å². The molecule has 4 rings (SSSR count). The molecule has 122 valence electrons. The number of hydrogen-bond acceptors (Lipinski definition) is 5. The molecule has 3 aliphatic carbocycles. The summed E-state index contributed by atoms with van der Waals surface area (Å²) in [6, 6.07) is 8.72.